The average molecular weight is 266 g/mol. The molecule has 1 fully saturated rings. The van der Waals surface area contributed by atoms with Crippen LogP contribution in [0.2, 0.25) is 0 Å². The summed E-state index contributed by atoms with van der Waals surface area (Å²) in [7, 11) is 0. The summed E-state index contributed by atoms with van der Waals surface area (Å²) in [6, 6.07) is 12.0. The number of morpholine rings is 1. The van der Waals surface area contributed by atoms with Gasteiger partial charge in [-0.3, -0.25) is 0 Å². The van der Waals surface area contributed by atoms with E-state index in [0.29, 0.717) is 5.75 Å². The normalized spacial score (nSPS) is 19.4. The molecule has 0 saturated carbocycles. The van der Waals surface area contributed by atoms with Crippen LogP contribution < -0.4 is 5.32 Å². The Morgan fingerprint density at radius 3 is 2.67 bits per heavy atom. The SMILES string of the molecule is Cl.Oc1ccc2cc([C@H]3COCCN3)ccc2c1. The monoisotopic (exact) mass is 265 g/mol. The molecule has 1 atom stereocenters. The van der Waals surface area contributed by atoms with Gasteiger partial charge in [0.05, 0.1) is 19.3 Å². The van der Waals surface area contributed by atoms with Crippen LogP contribution >= 0.6 is 12.4 Å². The molecule has 0 bridgehead atoms. The van der Waals surface area contributed by atoms with Crippen LogP contribution in [0.3, 0.4) is 0 Å². The maximum atomic E-state index is 9.42. The van der Waals surface area contributed by atoms with E-state index in [1.165, 1.54) is 5.56 Å². The van der Waals surface area contributed by atoms with Crippen molar-refractivity contribution < 1.29 is 9.84 Å². The summed E-state index contributed by atoms with van der Waals surface area (Å²) in [6.07, 6.45) is 0. The fourth-order valence-corrected chi connectivity index (χ4v) is 2.25. The number of aromatic hydroxyl groups is 1. The van der Waals surface area contributed by atoms with Gasteiger partial charge in [-0.15, -0.1) is 12.4 Å². The van der Waals surface area contributed by atoms with Gasteiger partial charge in [-0.25, -0.2) is 0 Å². The summed E-state index contributed by atoms with van der Waals surface area (Å²) < 4.78 is 5.47. The molecular weight excluding hydrogens is 250 g/mol. The first-order chi connectivity index (χ1) is 8.33. The lowest BCUT2D eigenvalue weighted by Gasteiger charge is -2.24. The van der Waals surface area contributed by atoms with Crippen molar-refractivity contribution in [3.05, 3.63) is 42.0 Å². The van der Waals surface area contributed by atoms with E-state index in [4.69, 9.17) is 4.74 Å². The van der Waals surface area contributed by atoms with E-state index in [0.717, 1.165) is 30.5 Å². The maximum absolute atomic E-state index is 9.42. The fraction of sp³-hybridized carbons (Fsp3) is 0.286. The molecule has 0 aromatic heterocycles. The minimum atomic E-state index is 0. The van der Waals surface area contributed by atoms with Crippen molar-refractivity contribution in [1.29, 1.82) is 0 Å². The van der Waals surface area contributed by atoms with Crippen molar-refractivity contribution in [2.45, 2.75) is 6.04 Å². The average Bonchev–Trinajstić information content (AvgIpc) is 2.39. The third-order valence-corrected chi connectivity index (χ3v) is 3.17. The van der Waals surface area contributed by atoms with E-state index in [1.54, 1.807) is 12.1 Å². The Bertz CT molecular complexity index is 538. The number of fused-ring (bicyclic) bond motifs is 1. The quantitative estimate of drug-likeness (QED) is 0.833. The number of ether oxygens (including phenoxy) is 1. The van der Waals surface area contributed by atoms with Gasteiger partial charge in [0, 0.05) is 6.54 Å². The largest absolute Gasteiger partial charge is 0.508 e. The lowest BCUT2D eigenvalue weighted by molar-refractivity contribution is 0.0769. The number of halogens is 1. The molecule has 0 radical (unpaired) electrons. The maximum Gasteiger partial charge on any atom is 0.116 e. The minimum absolute atomic E-state index is 0. The molecule has 0 amide bonds. The summed E-state index contributed by atoms with van der Waals surface area (Å²) in [5.41, 5.74) is 1.24. The van der Waals surface area contributed by atoms with Crippen molar-refractivity contribution in [2.24, 2.45) is 0 Å². The smallest absolute Gasteiger partial charge is 0.116 e. The van der Waals surface area contributed by atoms with Gasteiger partial charge in [0.15, 0.2) is 0 Å². The summed E-state index contributed by atoms with van der Waals surface area (Å²) in [5, 5.41) is 15.1. The molecule has 96 valence electrons. The van der Waals surface area contributed by atoms with Gasteiger partial charge in [0.2, 0.25) is 0 Å². The molecule has 2 aromatic rings. The minimum Gasteiger partial charge on any atom is -0.508 e. The topological polar surface area (TPSA) is 41.5 Å². The molecule has 0 spiro atoms. The predicted octanol–water partition coefficient (Wildman–Crippen LogP) is 2.63. The summed E-state index contributed by atoms with van der Waals surface area (Å²) in [6.45, 7) is 2.42. The number of rotatable bonds is 1. The zero-order chi connectivity index (χ0) is 11.7. The lowest BCUT2D eigenvalue weighted by Crippen LogP contribution is -2.34. The van der Waals surface area contributed by atoms with Crippen molar-refractivity contribution in [3.63, 3.8) is 0 Å². The Kier molecular flexibility index (Phi) is 4.07. The molecule has 2 aromatic carbocycles. The highest BCUT2D eigenvalue weighted by Gasteiger charge is 2.15. The van der Waals surface area contributed by atoms with Gasteiger partial charge < -0.3 is 15.2 Å². The first kappa shape index (κ1) is 13.1. The molecule has 3 nitrogen and oxygen atoms in total. The van der Waals surface area contributed by atoms with Crippen molar-refractivity contribution in [1.82, 2.24) is 5.32 Å². The molecule has 1 aliphatic heterocycles. The van der Waals surface area contributed by atoms with Crippen LogP contribution in [-0.4, -0.2) is 24.9 Å². The van der Waals surface area contributed by atoms with E-state index < -0.39 is 0 Å². The number of phenolic OH excluding ortho intramolecular Hbond substituents is 1. The molecule has 2 N–H and O–H groups in total. The molecule has 1 heterocycles. The van der Waals surface area contributed by atoms with Gasteiger partial charge in [-0.2, -0.15) is 0 Å². The van der Waals surface area contributed by atoms with Gasteiger partial charge in [-0.05, 0) is 34.5 Å². The van der Waals surface area contributed by atoms with Crippen LogP contribution in [0.25, 0.3) is 10.8 Å². The van der Waals surface area contributed by atoms with Crippen LogP contribution in [0.5, 0.6) is 5.75 Å². The zero-order valence-electron chi connectivity index (χ0n) is 9.93. The number of phenols is 1. The summed E-state index contributed by atoms with van der Waals surface area (Å²) in [4.78, 5) is 0. The van der Waals surface area contributed by atoms with Crippen LogP contribution in [0.1, 0.15) is 11.6 Å². The van der Waals surface area contributed by atoms with Crippen LogP contribution in [0, 0.1) is 0 Å². The Balaban J connectivity index is 0.00000120. The molecule has 1 saturated heterocycles. The molecular formula is C14H16ClNO2. The van der Waals surface area contributed by atoms with Gasteiger partial charge in [0.1, 0.15) is 5.75 Å². The lowest BCUT2D eigenvalue weighted by atomic mass is 10.0. The second-order valence-electron chi connectivity index (χ2n) is 4.37. The molecule has 3 rings (SSSR count). The highest BCUT2D eigenvalue weighted by atomic mass is 35.5. The Labute approximate surface area is 112 Å². The number of benzene rings is 2. The van der Waals surface area contributed by atoms with Crippen LogP contribution in [0.15, 0.2) is 36.4 Å². The van der Waals surface area contributed by atoms with Gasteiger partial charge in [0.25, 0.3) is 0 Å². The van der Waals surface area contributed by atoms with E-state index in [9.17, 15) is 5.11 Å². The second kappa shape index (κ2) is 5.57. The standard InChI is InChI=1S/C14H15NO2.ClH/c16-13-4-3-10-7-12(2-1-11(10)8-13)14-9-17-6-5-15-14;/h1-4,7-8,14-16H,5-6,9H2;1H/t14-;/m1./s1. The third kappa shape index (κ3) is 2.58. The Morgan fingerprint density at radius 1 is 1.11 bits per heavy atom. The van der Waals surface area contributed by atoms with E-state index in [1.807, 2.05) is 12.1 Å². The third-order valence-electron chi connectivity index (χ3n) is 3.17. The summed E-state index contributed by atoms with van der Waals surface area (Å²) in [5.74, 6) is 0.310. The van der Waals surface area contributed by atoms with Gasteiger partial charge in [-0.1, -0.05) is 18.2 Å². The van der Waals surface area contributed by atoms with Gasteiger partial charge >= 0.3 is 0 Å². The molecule has 0 aliphatic carbocycles. The van der Waals surface area contributed by atoms with Crippen molar-refractivity contribution >= 4 is 23.2 Å². The first-order valence-corrected chi connectivity index (χ1v) is 5.87. The molecule has 1 aliphatic rings. The van der Waals surface area contributed by atoms with E-state index in [-0.39, 0.29) is 18.4 Å². The number of hydrogen-bond donors (Lipinski definition) is 2. The predicted molar refractivity (Wildman–Crippen MR) is 74.4 cm³/mol. The molecule has 4 heteroatoms. The molecule has 0 unspecified atom stereocenters. The van der Waals surface area contributed by atoms with Crippen molar-refractivity contribution in [3.8, 4) is 5.75 Å². The van der Waals surface area contributed by atoms with Crippen LogP contribution in [0.4, 0.5) is 0 Å². The summed E-state index contributed by atoms with van der Waals surface area (Å²) >= 11 is 0. The number of nitrogens with one attached hydrogen (secondary N) is 1. The second-order valence-corrected chi connectivity index (χ2v) is 4.37. The highest BCUT2D eigenvalue weighted by Crippen LogP contribution is 2.24. The fourth-order valence-electron chi connectivity index (χ4n) is 2.25. The van der Waals surface area contributed by atoms with E-state index >= 15 is 0 Å². The number of hydrogen-bond acceptors (Lipinski definition) is 3. The van der Waals surface area contributed by atoms with Crippen molar-refractivity contribution in [2.75, 3.05) is 19.8 Å². The zero-order valence-corrected chi connectivity index (χ0v) is 10.7. The highest BCUT2D eigenvalue weighted by molar-refractivity contribution is 5.85. The molecule has 18 heavy (non-hydrogen) atoms. The van der Waals surface area contributed by atoms with Crippen LogP contribution in [-0.2, 0) is 4.74 Å². The Morgan fingerprint density at radius 2 is 1.89 bits per heavy atom. The van der Waals surface area contributed by atoms with E-state index in [2.05, 4.69) is 17.4 Å². The Hall–Kier alpha value is -1.29. The first-order valence-electron chi connectivity index (χ1n) is 5.87.